The molecule has 1 aromatic rings. The number of nitrogens with zero attached hydrogens (tertiary/aromatic N) is 2. The van der Waals surface area contributed by atoms with E-state index in [9.17, 15) is 4.79 Å². The Labute approximate surface area is 86.9 Å². The number of amides is 2. The third-order valence-corrected chi connectivity index (χ3v) is 3.08. The van der Waals surface area contributed by atoms with E-state index < -0.39 is 0 Å². The van der Waals surface area contributed by atoms with E-state index in [2.05, 4.69) is 10.3 Å². The maximum absolute atomic E-state index is 11.4. The van der Waals surface area contributed by atoms with Crippen LogP contribution >= 0.6 is 11.3 Å². The topological polar surface area (TPSA) is 45.2 Å². The fraction of sp³-hybridized carbons (Fsp3) is 0.556. The first kappa shape index (κ1) is 9.45. The number of carbonyl (C=O) groups is 1. The van der Waals surface area contributed by atoms with Crippen molar-refractivity contribution in [2.24, 2.45) is 0 Å². The minimum Gasteiger partial charge on any atom is -0.338 e. The molecule has 2 heterocycles. The molecule has 0 radical (unpaired) electrons. The van der Waals surface area contributed by atoms with Gasteiger partial charge in [0, 0.05) is 24.2 Å². The van der Waals surface area contributed by atoms with Crippen LogP contribution in [0.1, 0.15) is 16.3 Å². The van der Waals surface area contributed by atoms with Gasteiger partial charge in [0.1, 0.15) is 0 Å². The Kier molecular flexibility index (Phi) is 2.67. The zero-order chi connectivity index (χ0) is 9.97. The monoisotopic (exact) mass is 211 g/mol. The molecular formula is C9H13N3OS. The molecule has 0 saturated carbocycles. The molecule has 0 atom stereocenters. The SMILES string of the molecule is Cc1ncc(CN2CCCNC2=O)s1. The Balaban J connectivity index is 1.99. The largest absolute Gasteiger partial charge is 0.338 e. The zero-order valence-electron chi connectivity index (χ0n) is 8.12. The first-order valence-electron chi connectivity index (χ1n) is 4.70. The van der Waals surface area contributed by atoms with Crippen LogP contribution in [0.25, 0.3) is 0 Å². The van der Waals surface area contributed by atoms with Crippen LogP contribution in [0.15, 0.2) is 6.20 Å². The molecule has 1 N–H and O–H groups in total. The lowest BCUT2D eigenvalue weighted by Gasteiger charge is -2.26. The number of thiazole rings is 1. The Morgan fingerprint density at radius 3 is 3.21 bits per heavy atom. The summed E-state index contributed by atoms with van der Waals surface area (Å²) in [5.41, 5.74) is 0. The van der Waals surface area contributed by atoms with Crippen molar-refractivity contribution in [2.45, 2.75) is 19.9 Å². The molecule has 76 valence electrons. The number of urea groups is 1. The molecule has 0 aliphatic carbocycles. The van der Waals surface area contributed by atoms with Gasteiger partial charge in [0.15, 0.2) is 0 Å². The number of carbonyl (C=O) groups excluding carboxylic acids is 1. The summed E-state index contributed by atoms with van der Waals surface area (Å²) in [5.74, 6) is 0. The van der Waals surface area contributed by atoms with Crippen LogP contribution < -0.4 is 5.32 Å². The molecule has 0 unspecified atom stereocenters. The van der Waals surface area contributed by atoms with Gasteiger partial charge in [0.2, 0.25) is 0 Å². The molecular weight excluding hydrogens is 198 g/mol. The van der Waals surface area contributed by atoms with Gasteiger partial charge in [0.05, 0.1) is 11.6 Å². The zero-order valence-corrected chi connectivity index (χ0v) is 8.93. The van der Waals surface area contributed by atoms with Crippen LogP contribution in [-0.2, 0) is 6.54 Å². The van der Waals surface area contributed by atoms with Gasteiger partial charge >= 0.3 is 6.03 Å². The molecule has 1 fully saturated rings. The summed E-state index contributed by atoms with van der Waals surface area (Å²) in [5, 5.41) is 3.88. The summed E-state index contributed by atoms with van der Waals surface area (Å²) in [6, 6.07) is 0.0438. The third-order valence-electron chi connectivity index (χ3n) is 2.18. The van der Waals surface area contributed by atoms with Crippen molar-refractivity contribution >= 4 is 17.4 Å². The minimum absolute atomic E-state index is 0.0438. The number of rotatable bonds is 2. The highest BCUT2D eigenvalue weighted by atomic mass is 32.1. The Morgan fingerprint density at radius 1 is 1.71 bits per heavy atom. The summed E-state index contributed by atoms with van der Waals surface area (Å²) in [7, 11) is 0. The normalized spacial score (nSPS) is 16.9. The summed E-state index contributed by atoms with van der Waals surface area (Å²) < 4.78 is 0. The molecule has 0 aromatic carbocycles. The van der Waals surface area contributed by atoms with Crippen molar-refractivity contribution < 1.29 is 4.79 Å². The predicted octanol–water partition coefficient (Wildman–Crippen LogP) is 1.37. The first-order valence-corrected chi connectivity index (χ1v) is 5.51. The van der Waals surface area contributed by atoms with Gasteiger partial charge in [-0.1, -0.05) is 0 Å². The summed E-state index contributed by atoms with van der Waals surface area (Å²) in [6.45, 7) is 4.32. The fourth-order valence-electron chi connectivity index (χ4n) is 1.50. The average Bonchev–Trinajstić information content (AvgIpc) is 2.56. The minimum atomic E-state index is 0.0438. The lowest BCUT2D eigenvalue weighted by molar-refractivity contribution is 0.184. The van der Waals surface area contributed by atoms with Gasteiger partial charge < -0.3 is 10.2 Å². The molecule has 1 aliphatic rings. The molecule has 1 aromatic heterocycles. The van der Waals surface area contributed by atoms with E-state index >= 15 is 0 Å². The molecule has 5 heteroatoms. The second-order valence-electron chi connectivity index (χ2n) is 3.35. The van der Waals surface area contributed by atoms with E-state index in [1.54, 1.807) is 11.3 Å². The van der Waals surface area contributed by atoms with Crippen LogP contribution in [0, 0.1) is 6.92 Å². The Hall–Kier alpha value is -1.10. The second kappa shape index (κ2) is 3.96. The first-order chi connectivity index (χ1) is 6.75. The van der Waals surface area contributed by atoms with Gasteiger partial charge in [-0.2, -0.15) is 0 Å². The van der Waals surface area contributed by atoms with Crippen LogP contribution in [0.5, 0.6) is 0 Å². The van der Waals surface area contributed by atoms with Gasteiger partial charge in [0.25, 0.3) is 0 Å². The van der Waals surface area contributed by atoms with Gasteiger partial charge in [-0.25, -0.2) is 9.78 Å². The standard InChI is InChI=1S/C9H13N3OS/c1-7-11-5-8(14-7)6-12-4-2-3-10-9(12)13/h5H,2-4,6H2,1H3,(H,10,13). The Morgan fingerprint density at radius 2 is 2.57 bits per heavy atom. The predicted molar refractivity (Wildman–Crippen MR) is 55.3 cm³/mol. The highest BCUT2D eigenvalue weighted by Gasteiger charge is 2.17. The van der Waals surface area contributed by atoms with Gasteiger partial charge in [-0.3, -0.25) is 0 Å². The molecule has 0 spiro atoms. The van der Waals surface area contributed by atoms with Crippen molar-refractivity contribution in [1.82, 2.24) is 15.2 Å². The molecule has 2 rings (SSSR count). The fourth-order valence-corrected chi connectivity index (χ4v) is 2.31. The number of aryl methyl sites for hydroxylation is 1. The van der Waals surface area contributed by atoms with E-state index in [0.29, 0.717) is 6.54 Å². The highest BCUT2D eigenvalue weighted by Crippen LogP contribution is 2.15. The highest BCUT2D eigenvalue weighted by molar-refractivity contribution is 7.11. The van der Waals surface area contributed by atoms with Gasteiger partial charge in [-0.15, -0.1) is 11.3 Å². The van der Waals surface area contributed by atoms with Crippen LogP contribution in [-0.4, -0.2) is 29.0 Å². The summed E-state index contributed by atoms with van der Waals surface area (Å²) >= 11 is 1.65. The lowest BCUT2D eigenvalue weighted by Crippen LogP contribution is -2.45. The van der Waals surface area contributed by atoms with Gasteiger partial charge in [-0.05, 0) is 13.3 Å². The lowest BCUT2D eigenvalue weighted by atomic mass is 10.3. The van der Waals surface area contributed by atoms with Crippen molar-refractivity contribution in [3.8, 4) is 0 Å². The van der Waals surface area contributed by atoms with Crippen molar-refractivity contribution in [1.29, 1.82) is 0 Å². The summed E-state index contributed by atoms with van der Waals surface area (Å²) in [6.07, 6.45) is 2.88. The van der Waals surface area contributed by atoms with E-state index in [0.717, 1.165) is 29.4 Å². The maximum atomic E-state index is 11.4. The molecule has 14 heavy (non-hydrogen) atoms. The smallest absolute Gasteiger partial charge is 0.317 e. The van der Waals surface area contributed by atoms with E-state index in [1.165, 1.54) is 0 Å². The number of aromatic nitrogens is 1. The maximum Gasteiger partial charge on any atom is 0.317 e. The molecule has 0 bridgehead atoms. The quantitative estimate of drug-likeness (QED) is 0.803. The molecule has 4 nitrogen and oxygen atoms in total. The number of hydrogen-bond acceptors (Lipinski definition) is 3. The van der Waals surface area contributed by atoms with E-state index in [1.807, 2.05) is 18.0 Å². The third kappa shape index (κ3) is 2.04. The van der Waals surface area contributed by atoms with Crippen molar-refractivity contribution in [3.05, 3.63) is 16.1 Å². The van der Waals surface area contributed by atoms with E-state index in [-0.39, 0.29) is 6.03 Å². The number of nitrogens with one attached hydrogen (secondary N) is 1. The summed E-state index contributed by atoms with van der Waals surface area (Å²) in [4.78, 5) is 18.6. The van der Waals surface area contributed by atoms with Crippen LogP contribution in [0.2, 0.25) is 0 Å². The van der Waals surface area contributed by atoms with Crippen LogP contribution in [0.4, 0.5) is 4.79 Å². The van der Waals surface area contributed by atoms with E-state index in [4.69, 9.17) is 0 Å². The number of hydrogen-bond donors (Lipinski definition) is 1. The molecule has 2 amide bonds. The molecule has 1 saturated heterocycles. The van der Waals surface area contributed by atoms with Crippen molar-refractivity contribution in [2.75, 3.05) is 13.1 Å². The van der Waals surface area contributed by atoms with Crippen molar-refractivity contribution in [3.63, 3.8) is 0 Å². The second-order valence-corrected chi connectivity index (χ2v) is 4.67. The average molecular weight is 211 g/mol. The molecule has 1 aliphatic heterocycles. The van der Waals surface area contributed by atoms with Crippen LogP contribution in [0.3, 0.4) is 0 Å². The Bertz CT molecular complexity index is 337.